The van der Waals surface area contributed by atoms with Crippen LogP contribution in [0.5, 0.6) is 0 Å². The second-order valence-electron chi connectivity index (χ2n) is 6.17. The lowest BCUT2D eigenvalue weighted by Crippen LogP contribution is -2.25. The van der Waals surface area contributed by atoms with Crippen LogP contribution in [0.15, 0.2) is 63.7 Å². The molecule has 26 heavy (non-hydrogen) atoms. The minimum atomic E-state index is -0.0652. The average molecular weight is 382 g/mol. The molecule has 2 atom stereocenters. The molecule has 0 spiro atoms. The molecular formula is C20H19N3OS2. The molecule has 4 nitrogen and oxygen atoms in total. The SMILES string of the molecule is Cc1ccc([C@H](N[C@H](C)c2nnc(-c3cccs3)o2)c2cccs2)cc1. The van der Waals surface area contributed by atoms with Crippen LogP contribution in [0.3, 0.4) is 0 Å². The molecule has 0 saturated carbocycles. The Morgan fingerprint density at radius 3 is 2.42 bits per heavy atom. The van der Waals surface area contributed by atoms with Gasteiger partial charge in [0, 0.05) is 4.88 Å². The van der Waals surface area contributed by atoms with E-state index in [0.29, 0.717) is 11.8 Å². The fraction of sp³-hybridized carbons (Fsp3) is 0.200. The number of nitrogens with zero attached hydrogens (tertiary/aromatic N) is 2. The van der Waals surface area contributed by atoms with Gasteiger partial charge in [-0.1, -0.05) is 42.0 Å². The van der Waals surface area contributed by atoms with Gasteiger partial charge in [-0.25, -0.2) is 0 Å². The molecule has 0 bridgehead atoms. The minimum Gasteiger partial charge on any atom is -0.418 e. The van der Waals surface area contributed by atoms with Gasteiger partial charge in [-0.2, -0.15) is 0 Å². The molecule has 0 radical (unpaired) electrons. The zero-order valence-corrected chi connectivity index (χ0v) is 16.2. The summed E-state index contributed by atoms with van der Waals surface area (Å²) in [6, 6.07) is 16.8. The molecule has 0 saturated heterocycles. The monoisotopic (exact) mass is 381 g/mol. The summed E-state index contributed by atoms with van der Waals surface area (Å²) >= 11 is 3.34. The Kier molecular flexibility index (Phi) is 4.97. The number of aryl methyl sites for hydroxylation is 1. The molecule has 4 rings (SSSR count). The summed E-state index contributed by atoms with van der Waals surface area (Å²) in [5.74, 6) is 1.17. The lowest BCUT2D eigenvalue weighted by molar-refractivity contribution is 0.405. The molecule has 1 N–H and O–H groups in total. The summed E-state index contributed by atoms with van der Waals surface area (Å²) in [4.78, 5) is 2.25. The number of rotatable bonds is 6. The fourth-order valence-electron chi connectivity index (χ4n) is 2.79. The van der Waals surface area contributed by atoms with Crippen molar-refractivity contribution in [1.29, 1.82) is 0 Å². The molecule has 3 heterocycles. The molecular weight excluding hydrogens is 362 g/mol. The maximum atomic E-state index is 5.89. The standard InChI is InChI=1S/C20H19N3OS2/c1-13-7-9-15(10-8-13)18(16-5-3-11-25-16)21-14(2)19-22-23-20(24-19)17-6-4-12-26-17/h3-12,14,18,21H,1-2H3/t14-,18+/m1/s1. The van der Waals surface area contributed by atoms with Crippen LogP contribution in [0, 0.1) is 6.92 Å². The van der Waals surface area contributed by atoms with Crippen molar-refractivity contribution in [3.05, 3.63) is 81.2 Å². The molecule has 0 fully saturated rings. The van der Waals surface area contributed by atoms with Crippen molar-refractivity contribution in [3.8, 4) is 10.8 Å². The van der Waals surface area contributed by atoms with E-state index < -0.39 is 0 Å². The number of aromatic nitrogens is 2. The van der Waals surface area contributed by atoms with Crippen molar-refractivity contribution in [2.24, 2.45) is 0 Å². The lowest BCUT2D eigenvalue weighted by atomic mass is 10.0. The van der Waals surface area contributed by atoms with Gasteiger partial charge < -0.3 is 4.42 Å². The predicted molar refractivity (Wildman–Crippen MR) is 107 cm³/mol. The third-order valence-electron chi connectivity index (χ3n) is 4.20. The van der Waals surface area contributed by atoms with Crippen LogP contribution in [0.25, 0.3) is 10.8 Å². The van der Waals surface area contributed by atoms with Crippen LogP contribution >= 0.6 is 22.7 Å². The Bertz CT molecular complexity index is 944. The fourth-order valence-corrected chi connectivity index (χ4v) is 4.24. The summed E-state index contributed by atoms with van der Waals surface area (Å²) in [7, 11) is 0. The summed E-state index contributed by atoms with van der Waals surface area (Å²) in [6.07, 6.45) is 0. The first-order valence-corrected chi connectivity index (χ1v) is 10.2. The highest BCUT2D eigenvalue weighted by Crippen LogP contribution is 2.30. The maximum absolute atomic E-state index is 5.89. The highest BCUT2D eigenvalue weighted by molar-refractivity contribution is 7.13. The number of nitrogens with one attached hydrogen (secondary N) is 1. The van der Waals surface area contributed by atoms with Crippen LogP contribution in [-0.2, 0) is 0 Å². The normalized spacial score (nSPS) is 13.6. The Hall–Kier alpha value is -2.28. The topological polar surface area (TPSA) is 51.0 Å². The van der Waals surface area contributed by atoms with Crippen molar-refractivity contribution in [3.63, 3.8) is 0 Å². The smallest absolute Gasteiger partial charge is 0.257 e. The third kappa shape index (κ3) is 3.62. The Balaban J connectivity index is 1.58. The van der Waals surface area contributed by atoms with E-state index in [1.165, 1.54) is 16.0 Å². The van der Waals surface area contributed by atoms with E-state index in [1.807, 2.05) is 17.5 Å². The molecule has 1 aromatic carbocycles. The molecule has 132 valence electrons. The van der Waals surface area contributed by atoms with E-state index in [9.17, 15) is 0 Å². The third-order valence-corrected chi connectivity index (χ3v) is 5.99. The van der Waals surface area contributed by atoms with E-state index in [1.54, 1.807) is 22.7 Å². The second kappa shape index (κ2) is 7.53. The van der Waals surface area contributed by atoms with E-state index in [4.69, 9.17) is 4.42 Å². The van der Waals surface area contributed by atoms with Crippen molar-refractivity contribution >= 4 is 22.7 Å². The first kappa shape index (κ1) is 17.1. The molecule has 6 heteroatoms. The quantitative estimate of drug-likeness (QED) is 0.472. The van der Waals surface area contributed by atoms with Crippen molar-refractivity contribution < 1.29 is 4.42 Å². The number of hydrogen-bond acceptors (Lipinski definition) is 6. The molecule has 0 aliphatic heterocycles. The van der Waals surface area contributed by atoms with Crippen LogP contribution in [0.4, 0.5) is 0 Å². The average Bonchev–Trinajstić information content (AvgIpc) is 3.42. The first-order valence-electron chi connectivity index (χ1n) is 8.44. The second-order valence-corrected chi connectivity index (χ2v) is 8.10. The molecule has 0 aliphatic carbocycles. The predicted octanol–water partition coefficient (Wildman–Crippen LogP) is 5.61. The van der Waals surface area contributed by atoms with Gasteiger partial charge in [-0.05, 0) is 42.3 Å². The summed E-state index contributed by atoms with van der Waals surface area (Å²) in [5.41, 5.74) is 2.48. The van der Waals surface area contributed by atoms with E-state index in [-0.39, 0.29) is 12.1 Å². The Labute approximate surface area is 160 Å². The molecule has 4 aromatic rings. The Morgan fingerprint density at radius 1 is 0.962 bits per heavy atom. The van der Waals surface area contributed by atoms with Crippen LogP contribution in [-0.4, -0.2) is 10.2 Å². The summed E-state index contributed by atoms with van der Waals surface area (Å²) in [5, 5.41) is 16.2. The highest BCUT2D eigenvalue weighted by Gasteiger charge is 2.22. The zero-order valence-electron chi connectivity index (χ0n) is 14.5. The van der Waals surface area contributed by atoms with E-state index in [0.717, 1.165) is 4.88 Å². The van der Waals surface area contributed by atoms with E-state index >= 15 is 0 Å². The molecule has 0 aliphatic rings. The van der Waals surface area contributed by atoms with E-state index in [2.05, 4.69) is 71.1 Å². The van der Waals surface area contributed by atoms with Gasteiger partial charge in [-0.3, -0.25) is 5.32 Å². The van der Waals surface area contributed by atoms with Gasteiger partial charge >= 0.3 is 0 Å². The largest absolute Gasteiger partial charge is 0.418 e. The number of hydrogen-bond donors (Lipinski definition) is 1. The van der Waals surface area contributed by atoms with Gasteiger partial charge in [0.25, 0.3) is 5.89 Å². The molecule has 0 unspecified atom stereocenters. The van der Waals surface area contributed by atoms with Crippen molar-refractivity contribution in [2.75, 3.05) is 0 Å². The maximum Gasteiger partial charge on any atom is 0.257 e. The first-order chi connectivity index (χ1) is 12.7. The Morgan fingerprint density at radius 2 is 1.73 bits per heavy atom. The highest BCUT2D eigenvalue weighted by atomic mass is 32.1. The van der Waals surface area contributed by atoms with Gasteiger partial charge in [0.1, 0.15) is 0 Å². The molecule has 3 aromatic heterocycles. The zero-order chi connectivity index (χ0) is 17.9. The number of thiophene rings is 2. The van der Waals surface area contributed by atoms with Crippen LogP contribution in [0.2, 0.25) is 0 Å². The van der Waals surface area contributed by atoms with Crippen molar-refractivity contribution in [2.45, 2.75) is 25.9 Å². The van der Waals surface area contributed by atoms with Gasteiger partial charge in [0.2, 0.25) is 5.89 Å². The minimum absolute atomic E-state index is 0.0652. The molecule has 0 amide bonds. The van der Waals surface area contributed by atoms with Gasteiger partial charge in [-0.15, -0.1) is 32.9 Å². The van der Waals surface area contributed by atoms with Crippen LogP contribution < -0.4 is 5.32 Å². The van der Waals surface area contributed by atoms with Crippen LogP contribution in [0.1, 0.15) is 40.9 Å². The summed E-state index contributed by atoms with van der Waals surface area (Å²) < 4.78 is 5.89. The van der Waals surface area contributed by atoms with Gasteiger partial charge in [0.15, 0.2) is 0 Å². The number of benzene rings is 1. The van der Waals surface area contributed by atoms with Crippen molar-refractivity contribution in [1.82, 2.24) is 15.5 Å². The lowest BCUT2D eigenvalue weighted by Gasteiger charge is -2.21. The van der Waals surface area contributed by atoms with Gasteiger partial charge in [0.05, 0.1) is 17.0 Å². The summed E-state index contributed by atoms with van der Waals surface area (Å²) in [6.45, 7) is 4.16.